The summed E-state index contributed by atoms with van der Waals surface area (Å²) < 4.78 is 0. The maximum atomic E-state index is 3.64. The van der Waals surface area contributed by atoms with Crippen molar-refractivity contribution in [2.75, 3.05) is 33.2 Å². The number of hydrogen-bond donors (Lipinski definition) is 2. The molecule has 0 spiro atoms. The summed E-state index contributed by atoms with van der Waals surface area (Å²) >= 11 is 0. The molecule has 0 aromatic heterocycles. The topological polar surface area (TPSA) is 27.3 Å². The van der Waals surface area contributed by atoms with Crippen LogP contribution in [0, 0.1) is 0 Å². The van der Waals surface area contributed by atoms with Crippen molar-refractivity contribution >= 4 is 0 Å². The van der Waals surface area contributed by atoms with Crippen LogP contribution in [0.15, 0.2) is 0 Å². The van der Waals surface area contributed by atoms with Crippen LogP contribution in [0.3, 0.4) is 0 Å². The highest BCUT2D eigenvalue weighted by Crippen LogP contribution is 2.17. The van der Waals surface area contributed by atoms with E-state index in [1.807, 2.05) is 0 Å². The van der Waals surface area contributed by atoms with Crippen molar-refractivity contribution < 1.29 is 0 Å². The summed E-state index contributed by atoms with van der Waals surface area (Å²) in [4.78, 5) is 2.46. The van der Waals surface area contributed by atoms with Gasteiger partial charge in [0.15, 0.2) is 0 Å². The highest BCUT2D eigenvalue weighted by atomic mass is 15.2. The van der Waals surface area contributed by atoms with Crippen LogP contribution < -0.4 is 10.6 Å². The minimum atomic E-state index is 0.703. The maximum Gasteiger partial charge on any atom is 0.0342 e. The van der Waals surface area contributed by atoms with E-state index in [1.54, 1.807) is 0 Å². The zero-order valence-electron chi connectivity index (χ0n) is 8.55. The monoisotopic (exact) mass is 183 g/mol. The van der Waals surface area contributed by atoms with Crippen molar-refractivity contribution in [3.05, 3.63) is 0 Å². The first-order valence-electron chi connectivity index (χ1n) is 5.50. The van der Waals surface area contributed by atoms with E-state index in [9.17, 15) is 0 Å². The quantitative estimate of drug-likeness (QED) is 0.646. The van der Waals surface area contributed by atoms with E-state index >= 15 is 0 Å². The van der Waals surface area contributed by atoms with Gasteiger partial charge in [0.25, 0.3) is 0 Å². The fraction of sp³-hybridized carbons (Fsp3) is 1.00. The molecule has 1 atom stereocenters. The van der Waals surface area contributed by atoms with Crippen LogP contribution in [0.25, 0.3) is 0 Å². The van der Waals surface area contributed by atoms with E-state index in [4.69, 9.17) is 0 Å². The number of likely N-dealkylation sites (N-methyl/N-ethyl adjacent to an activating group) is 1. The van der Waals surface area contributed by atoms with Gasteiger partial charge in [-0.2, -0.15) is 0 Å². The van der Waals surface area contributed by atoms with E-state index in [0.29, 0.717) is 6.04 Å². The van der Waals surface area contributed by atoms with Crippen molar-refractivity contribution in [3.63, 3.8) is 0 Å². The van der Waals surface area contributed by atoms with Crippen molar-refractivity contribution in [2.45, 2.75) is 31.3 Å². The summed E-state index contributed by atoms with van der Waals surface area (Å²) in [5.74, 6) is 0. The molecule has 0 bridgehead atoms. The Hall–Kier alpha value is -0.120. The van der Waals surface area contributed by atoms with Crippen molar-refractivity contribution in [1.29, 1.82) is 0 Å². The molecule has 2 N–H and O–H groups in total. The summed E-state index contributed by atoms with van der Waals surface area (Å²) in [6.07, 6.45) is 4.21. The first-order valence-corrected chi connectivity index (χ1v) is 5.50. The zero-order valence-corrected chi connectivity index (χ0v) is 8.55. The molecule has 1 unspecified atom stereocenters. The zero-order chi connectivity index (χ0) is 9.10. The summed E-state index contributed by atoms with van der Waals surface area (Å²) in [5.41, 5.74) is 0. The van der Waals surface area contributed by atoms with Crippen LogP contribution in [0.2, 0.25) is 0 Å². The third-order valence-electron chi connectivity index (χ3n) is 3.39. The number of rotatable bonds is 3. The van der Waals surface area contributed by atoms with Gasteiger partial charge in [0, 0.05) is 38.3 Å². The predicted molar refractivity (Wildman–Crippen MR) is 54.9 cm³/mol. The van der Waals surface area contributed by atoms with Gasteiger partial charge in [-0.25, -0.2) is 0 Å². The van der Waals surface area contributed by atoms with Gasteiger partial charge in [0.05, 0.1) is 0 Å². The normalized spacial score (nSPS) is 31.6. The van der Waals surface area contributed by atoms with E-state index in [0.717, 1.165) is 25.7 Å². The van der Waals surface area contributed by atoms with E-state index in [2.05, 4.69) is 22.6 Å². The standard InChI is InChI=1S/C10H21N3/c1-13-6-5-11-7-10(13)8-12-9-3-2-4-9/h9-12H,2-8H2,1H3. The lowest BCUT2D eigenvalue weighted by molar-refractivity contribution is 0.183. The van der Waals surface area contributed by atoms with Gasteiger partial charge in [-0.1, -0.05) is 6.42 Å². The summed E-state index contributed by atoms with van der Waals surface area (Å²) in [7, 11) is 2.23. The molecule has 2 rings (SSSR count). The number of piperazine rings is 1. The summed E-state index contributed by atoms with van der Waals surface area (Å²) in [6.45, 7) is 4.65. The largest absolute Gasteiger partial charge is 0.314 e. The number of nitrogens with zero attached hydrogens (tertiary/aromatic N) is 1. The van der Waals surface area contributed by atoms with Gasteiger partial charge in [-0.3, -0.25) is 4.90 Å². The van der Waals surface area contributed by atoms with E-state index in [1.165, 1.54) is 25.8 Å². The second kappa shape index (κ2) is 4.40. The van der Waals surface area contributed by atoms with Crippen LogP contribution in [0.4, 0.5) is 0 Å². The molecule has 0 amide bonds. The molecule has 76 valence electrons. The van der Waals surface area contributed by atoms with Gasteiger partial charge in [-0.15, -0.1) is 0 Å². The predicted octanol–water partition coefficient (Wildman–Crippen LogP) is 0.0321. The molecule has 13 heavy (non-hydrogen) atoms. The molecule has 1 aliphatic carbocycles. The molecule has 2 aliphatic rings. The summed E-state index contributed by atoms with van der Waals surface area (Å²) in [6, 6.07) is 1.53. The van der Waals surface area contributed by atoms with Crippen molar-refractivity contribution in [1.82, 2.24) is 15.5 Å². The second-order valence-corrected chi connectivity index (χ2v) is 4.37. The van der Waals surface area contributed by atoms with Gasteiger partial charge in [0.1, 0.15) is 0 Å². The Morgan fingerprint density at radius 1 is 1.46 bits per heavy atom. The SMILES string of the molecule is CN1CCNCC1CNC1CCC1. The van der Waals surface area contributed by atoms with Crippen molar-refractivity contribution in [3.8, 4) is 0 Å². The molecule has 3 nitrogen and oxygen atoms in total. The van der Waals surface area contributed by atoms with Crippen LogP contribution >= 0.6 is 0 Å². The second-order valence-electron chi connectivity index (χ2n) is 4.37. The van der Waals surface area contributed by atoms with Crippen LogP contribution in [-0.2, 0) is 0 Å². The highest BCUT2D eigenvalue weighted by molar-refractivity contribution is 4.83. The summed E-state index contributed by atoms with van der Waals surface area (Å²) in [5, 5.41) is 7.08. The van der Waals surface area contributed by atoms with Gasteiger partial charge >= 0.3 is 0 Å². The third-order valence-corrected chi connectivity index (χ3v) is 3.39. The van der Waals surface area contributed by atoms with Gasteiger partial charge < -0.3 is 10.6 Å². The molecule has 1 heterocycles. The third kappa shape index (κ3) is 2.42. The smallest absolute Gasteiger partial charge is 0.0342 e. The van der Waals surface area contributed by atoms with Gasteiger partial charge in [-0.05, 0) is 19.9 Å². The van der Waals surface area contributed by atoms with Crippen LogP contribution in [0.1, 0.15) is 19.3 Å². The molecule has 2 fully saturated rings. The lowest BCUT2D eigenvalue weighted by Gasteiger charge is -2.36. The maximum absolute atomic E-state index is 3.64. The first kappa shape index (κ1) is 9.44. The molecule has 3 heteroatoms. The fourth-order valence-corrected chi connectivity index (χ4v) is 2.01. The molecular weight excluding hydrogens is 162 g/mol. The highest BCUT2D eigenvalue weighted by Gasteiger charge is 2.21. The minimum absolute atomic E-state index is 0.703. The van der Waals surface area contributed by atoms with Crippen molar-refractivity contribution in [2.24, 2.45) is 0 Å². The molecule has 1 saturated heterocycles. The molecule has 1 aliphatic heterocycles. The first-order chi connectivity index (χ1) is 6.36. The lowest BCUT2D eigenvalue weighted by atomic mass is 9.93. The number of hydrogen-bond acceptors (Lipinski definition) is 3. The Labute approximate surface area is 80.9 Å². The Morgan fingerprint density at radius 3 is 2.92 bits per heavy atom. The van der Waals surface area contributed by atoms with Crippen LogP contribution in [-0.4, -0.2) is 50.2 Å². The lowest BCUT2D eigenvalue weighted by Crippen LogP contribution is -2.55. The Kier molecular flexibility index (Phi) is 3.19. The van der Waals surface area contributed by atoms with Gasteiger partial charge in [0.2, 0.25) is 0 Å². The Bertz CT molecular complexity index is 156. The van der Waals surface area contributed by atoms with Crippen LogP contribution in [0.5, 0.6) is 0 Å². The van der Waals surface area contributed by atoms with E-state index in [-0.39, 0.29) is 0 Å². The minimum Gasteiger partial charge on any atom is -0.314 e. The average molecular weight is 183 g/mol. The molecule has 1 saturated carbocycles. The van der Waals surface area contributed by atoms with E-state index < -0.39 is 0 Å². The number of nitrogens with one attached hydrogen (secondary N) is 2. The average Bonchev–Trinajstić information content (AvgIpc) is 2.05. The fourth-order valence-electron chi connectivity index (χ4n) is 2.01. The molecule has 0 radical (unpaired) electrons. The Morgan fingerprint density at radius 2 is 2.31 bits per heavy atom. The molecule has 0 aromatic carbocycles. The molecule has 0 aromatic rings. The molecular formula is C10H21N3. The Balaban J connectivity index is 1.66.